The molecule has 4 rings (SSSR count). The monoisotopic (exact) mass is 403 g/mol. The van der Waals surface area contributed by atoms with Gasteiger partial charge in [0.15, 0.2) is 5.69 Å². The molecule has 0 bridgehead atoms. The molecule has 0 unspecified atom stereocenters. The third-order valence-corrected chi connectivity index (χ3v) is 5.67. The van der Waals surface area contributed by atoms with Gasteiger partial charge in [0.1, 0.15) is 0 Å². The van der Waals surface area contributed by atoms with Crippen molar-refractivity contribution in [2.45, 2.75) is 51.7 Å². The Morgan fingerprint density at radius 3 is 2.64 bits per heavy atom. The van der Waals surface area contributed by atoms with Crippen LogP contribution in [0.15, 0.2) is 24.3 Å². The van der Waals surface area contributed by atoms with E-state index in [1.165, 1.54) is 49.9 Å². The van der Waals surface area contributed by atoms with Gasteiger partial charge in [-0.2, -0.15) is 5.10 Å². The predicted molar refractivity (Wildman–Crippen MR) is 113 cm³/mol. The number of rotatable bonds is 5. The fourth-order valence-electron chi connectivity index (χ4n) is 4.09. The van der Waals surface area contributed by atoms with Gasteiger partial charge in [-0.1, -0.05) is 37.1 Å². The number of H-pyrrole nitrogens is 1. The number of hydrogen-bond acceptors (Lipinski definition) is 4. The molecule has 2 aromatic rings. The van der Waals surface area contributed by atoms with Crippen LogP contribution in [0.1, 0.15) is 58.6 Å². The number of carbonyl (C=O) groups is 1. The summed E-state index contributed by atoms with van der Waals surface area (Å²) in [6, 6.07) is 8.45. The number of amides is 1. The van der Waals surface area contributed by atoms with Crippen molar-refractivity contribution in [3.8, 4) is 0 Å². The molecule has 1 aromatic heterocycles. The number of aromatic nitrogens is 2. The summed E-state index contributed by atoms with van der Waals surface area (Å²) >= 11 is 0. The first-order valence-corrected chi connectivity index (χ1v) is 10.2. The van der Waals surface area contributed by atoms with E-state index in [0.717, 1.165) is 30.8 Å². The molecule has 152 valence electrons. The zero-order valence-electron chi connectivity index (χ0n) is 16.3. The standard InChI is InChI=1S/C21H29N5O.ClH/c27-21(20-18-14-22-10-9-19(18)24-25-20)23-13-16-7-3-4-8-17(16)15-26-11-5-1-2-6-12-26;/h3-4,7-8,22H,1-2,5-6,9-15H2,(H,23,27)(H,24,25);1H. The zero-order chi connectivity index (χ0) is 18.5. The average Bonchev–Trinajstić information content (AvgIpc) is 2.97. The Bertz CT molecular complexity index is 783. The molecule has 7 heteroatoms. The second kappa shape index (κ2) is 10.0. The molecule has 2 aliphatic rings. The number of hydrogen-bond donors (Lipinski definition) is 3. The van der Waals surface area contributed by atoms with Crippen LogP contribution in [0.25, 0.3) is 0 Å². The van der Waals surface area contributed by atoms with Crippen molar-refractivity contribution < 1.29 is 4.79 Å². The molecule has 0 radical (unpaired) electrons. The minimum absolute atomic E-state index is 0. The van der Waals surface area contributed by atoms with Crippen LogP contribution in [-0.4, -0.2) is 40.6 Å². The van der Waals surface area contributed by atoms with Crippen LogP contribution in [0.5, 0.6) is 0 Å². The molecule has 28 heavy (non-hydrogen) atoms. The van der Waals surface area contributed by atoms with E-state index in [0.29, 0.717) is 18.8 Å². The van der Waals surface area contributed by atoms with Crippen LogP contribution >= 0.6 is 12.4 Å². The molecule has 1 aromatic carbocycles. The molecule has 3 heterocycles. The zero-order valence-corrected chi connectivity index (χ0v) is 17.1. The maximum atomic E-state index is 12.7. The first kappa shape index (κ1) is 20.8. The first-order valence-electron chi connectivity index (χ1n) is 10.2. The second-order valence-electron chi connectivity index (χ2n) is 7.60. The summed E-state index contributed by atoms with van der Waals surface area (Å²) in [6.07, 6.45) is 6.16. The van der Waals surface area contributed by atoms with E-state index in [4.69, 9.17) is 0 Å². The Hall–Kier alpha value is -1.89. The van der Waals surface area contributed by atoms with Crippen LogP contribution in [0, 0.1) is 0 Å². The molecule has 6 nitrogen and oxygen atoms in total. The number of nitrogens with zero attached hydrogens (tertiary/aromatic N) is 2. The lowest BCUT2D eigenvalue weighted by atomic mass is 10.1. The fraction of sp³-hybridized carbons (Fsp3) is 0.524. The number of benzene rings is 1. The molecule has 0 saturated carbocycles. The van der Waals surface area contributed by atoms with E-state index < -0.39 is 0 Å². The SMILES string of the molecule is Cl.O=C(NCc1ccccc1CN1CCCCCC1)c1n[nH]c2c1CNCC2. The summed E-state index contributed by atoms with van der Waals surface area (Å²) in [5.41, 5.74) is 5.13. The Morgan fingerprint density at radius 2 is 1.86 bits per heavy atom. The molecular formula is C21H30ClN5O. The van der Waals surface area contributed by atoms with E-state index >= 15 is 0 Å². The number of carbonyl (C=O) groups excluding carboxylic acids is 1. The molecule has 0 spiro atoms. The molecule has 1 amide bonds. The third-order valence-electron chi connectivity index (χ3n) is 5.67. The summed E-state index contributed by atoms with van der Waals surface area (Å²) in [7, 11) is 0. The maximum Gasteiger partial charge on any atom is 0.272 e. The Kier molecular flexibility index (Phi) is 7.48. The summed E-state index contributed by atoms with van der Waals surface area (Å²) in [6.45, 7) is 5.49. The number of fused-ring (bicyclic) bond motifs is 1. The lowest BCUT2D eigenvalue weighted by Gasteiger charge is -2.21. The van der Waals surface area contributed by atoms with Crippen molar-refractivity contribution in [2.24, 2.45) is 0 Å². The number of likely N-dealkylation sites (tertiary alicyclic amines) is 1. The van der Waals surface area contributed by atoms with Gasteiger partial charge in [-0.3, -0.25) is 14.8 Å². The van der Waals surface area contributed by atoms with Gasteiger partial charge in [0.25, 0.3) is 5.91 Å². The van der Waals surface area contributed by atoms with Crippen molar-refractivity contribution in [3.05, 3.63) is 52.3 Å². The molecule has 0 atom stereocenters. The van der Waals surface area contributed by atoms with E-state index in [-0.39, 0.29) is 18.3 Å². The van der Waals surface area contributed by atoms with Crippen molar-refractivity contribution in [3.63, 3.8) is 0 Å². The molecule has 1 saturated heterocycles. The van der Waals surface area contributed by atoms with E-state index in [1.54, 1.807) is 0 Å². The van der Waals surface area contributed by atoms with Gasteiger partial charge in [-0.15, -0.1) is 12.4 Å². The second-order valence-corrected chi connectivity index (χ2v) is 7.60. The number of nitrogens with one attached hydrogen (secondary N) is 3. The lowest BCUT2D eigenvalue weighted by molar-refractivity contribution is 0.0944. The van der Waals surface area contributed by atoms with Crippen LogP contribution in [0.2, 0.25) is 0 Å². The predicted octanol–water partition coefficient (Wildman–Crippen LogP) is 2.78. The van der Waals surface area contributed by atoms with Crippen LogP contribution in [0.4, 0.5) is 0 Å². The molecule has 1 fully saturated rings. The van der Waals surface area contributed by atoms with Crippen molar-refractivity contribution >= 4 is 18.3 Å². The molecule has 2 aliphatic heterocycles. The third kappa shape index (κ3) is 4.93. The van der Waals surface area contributed by atoms with Gasteiger partial charge in [-0.05, 0) is 37.1 Å². The highest BCUT2D eigenvalue weighted by Crippen LogP contribution is 2.18. The fourth-order valence-corrected chi connectivity index (χ4v) is 4.09. The minimum atomic E-state index is -0.0965. The number of aromatic amines is 1. The van der Waals surface area contributed by atoms with E-state index in [1.807, 2.05) is 6.07 Å². The van der Waals surface area contributed by atoms with Crippen LogP contribution in [-0.2, 0) is 26.1 Å². The van der Waals surface area contributed by atoms with Crippen LogP contribution < -0.4 is 10.6 Å². The van der Waals surface area contributed by atoms with Gasteiger partial charge in [0, 0.05) is 43.9 Å². The summed E-state index contributed by atoms with van der Waals surface area (Å²) in [4.78, 5) is 15.2. The van der Waals surface area contributed by atoms with Gasteiger partial charge < -0.3 is 10.6 Å². The van der Waals surface area contributed by atoms with E-state index in [9.17, 15) is 4.79 Å². The normalized spacial score (nSPS) is 17.3. The van der Waals surface area contributed by atoms with Crippen molar-refractivity contribution in [1.82, 2.24) is 25.7 Å². The lowest BCUT2D eigenvalue weighted by Crippen LogP contribution is -2.29. The first-order chi connectivity index (χ1) is 13.3. The Labute approximate surface area is 172 Å². The quantitative estimate of drug-likeness (QED) is 0.717. The largest absolute Gasteiger partial charge is 0.347 e. The average molecular weight is 404 g/mol. The summed E-state index contributed by atoms with van der Waals surface area (Å²) in [5.74, 6) is -0.0965. The van der Waals surface area contributed by atoms with Gasteiger partial charge in [0.2, 0.25) is 0 Å². The molecule has 0 aliphatic carbocycles. The molecular weight excluding hydrogens is 374 g/mol. The summed E-state index contributed by atoms with van der Waals surface area (Å²) in [5, 5.41) is 13.7. The maximum absolute atomic E-state index is 12.7. The van der Waals surface area contributed by atoms with E-state index in [2.05, 4.69) is 43.9 Å². The molecule has 3 N–H and O–H groups in total. The Morgan fingerprint density at radius 1 is 1.11 bits per heavy atom. The van der Waals surface area contributed by atoms with Crippen LogP contribution in [0.3, 0.4) is 0 Å². The van der Waals surface area contributed by atoms with Crippen molar-refractivity contribution in [2.75, 3.05) is 19.6 Å². The minimum Gasteiger partial charge on any atom is -0.347 e. The van der Waals surface area contributed by atoms with Crippen molar-refractivity contribution in [1.29, 1.82) is 0 Å². The smallest absolute Gasteiger partial charge is 0.272 e. The van der Waals surface area contributed by atoms with Gasteiger partial charge >= 0.3 is 0 Å². The Balaban J connectivity index is 0.00000225. The van der Waals surface area contributed by atoms with Gasteiger partial charge in [-0.25, -0.2) is 0 Å². The highest BCUT2D eigenvalue weighted by molar-refractivity contribution is 5.94. The van der Waals surface area contributed by atoms with Gasteiger partial charge in [0.05, 0.1) is 0 Å². The topological polar surface area (TPSA) is 73.0 Å². The number of halogens is 1. The summed E-state index contributed by atoms with van der Waals surface area (Å²) < 4.78 is 0. The highest BCUT2D eigenvalue weighted by Gasteiger charge is 2.21. The highest BCUT2D eigenvalue weighted by atomic mass is 35.5.